The van der Waals surface area contributed by atoms with Gasteiger partial charge in [0, 0.05) is 63.4 Å². The van der Waals surface area contributed by atoms with Crippen LogP contribution in [-0.4, -0.2) is 52.3 Å². The number of halogens is 6. The minimum Gasteiger partial charge on any atom is -0.361 e. The summed E-state index contributed by atoms with van der Waals surface area (Å²) < 4.78 is 91.6. The molecule has 1 amide bonds. The van der Waals surface area contributed by atoms with Crippen LogP contribution in [0.1, 0.15) is 23.5 Å². The van der Waals surface area contributed by atoms with E-state index in [2.05, 4.69) is 34.9 Å². The van der Waals surface area contributed by atoms with Crippen LogP contribution in [0.5, 0.6) is 0 Å². The van der Waals surface area contributed by atoms with Gasteiger partial charge in [-0.3, -0.25) is 14.6 Å². The molecule has 0 aliphatic rings. The number of rotatable bonds is 13. The standard InChI is InChI=1S/C36H37F6N5O3Si/c1-46-20-24(19-36(40,41)42)33-31(35(46)49)30(27-7-5-6-13-43-27)32(47(33)21-50-15-16-51(2,3)4)23-12-14-44-29(17-23)45-34(48)26(18-28(38)39)22-8-10-25(37)11-9-22/h5-14,17,20,26,28H,15-16,18-19,21H2,1-4H3,(H,44,45,48). The molecule has 5 rings (SSSR count). The molecule has 1 N–H and O–H groups in total. The van der Waals surface area contributed by atoms with Gasteiger partial charge in [-0.1, -0.05) is 37.8 Å². The van der Waals surface area contributed by atoms with Crippen molar-refractivity contribution < 1.29 is 35.9 Å². The fourth-order valence-electron chi connectivity index (χ4n) is 5.89. The van der Waals surface area contributed by atoms with Crippen molar-refractivity contribution in [1.29, 1.82) is 0 Å². The maximum atomic E-state index is 14.0. The number of hydrogen-bond acceptors (Lipinski definition) is 5. The number of pyridine rings is 3. The maximum absolute atomic E-state index is 14.0. The number of fused-ring (bicyclic) bond motifs is 1. The third kappa shape index (κ3) is 9.13. The molecule has 1 aromatic carbocycles. The number of carbonyl (C=O) groups excluding carboxylic acids is 1. The van der Waals surface area contributed by atoms with Crippen LogP contribution in [0, 0.1) is 5.82 Å². The average molecular weight is 730 g/mol. The van der Waals surface area contributed by atoms with Gasteiger partial charge >= 0.3 is 6.18 Å². The van der Waals surface area contributed by atoms with Gasteiger partial charge in [0.05, 0.1) is 34.6 Å². The van der Waals surface area contributed by atoms with Gasteiger partial charge in [-0.05, 0) is 48.0 Å². The Morgan fingerprint density at radius 3 is 2.37 bits per heavy atom. The predicted octanol–water partition coefficient (Wildman–Crippen LogP) is 8.40. The number of anilines is 1. The number of hydrogen-bond donors (Lipinski definition) is 1. The molecule has 0 aliphatic heterocycles. The Morgan fingerprint density at radius 1 is 1.02 bits per heavy atom. The maximum Gasteiger partial charge on any atom is 0.393 e. The van der Waals surface area contributed by atoms with Gasteiger partial charge < -0.3 is 19.2 Å². The van der Waals surface area contributed by atoms with E-state index in [4.69, 9.17) is 4.74 Å². The van der Waals surface area contributed by atoms with E-state index in [-0.39, 0.29) is 45.8 Å². The van der Waals surface area contributed by atoms with E-state index in [0.29, 0.717) is 17.9 Å². The molecule has 51 heavy (non-hydrogen) atoms. The van der Waals surface area contributed by atoms with E-state index in [0.717, 1.165) is 22.7 Å². The van der Waals surface area contributed by atoms with E-state index in [1.807, 2.05) is 0 Å². The highest BCUT2D eigenvalue weighted by Crippen LogP contribution is 2.41. The molecular formula is C36H37F6N5O3Si. The van der Waals surface area contributed by atoms with Gasteiger partial charge in [0.2, 0.25) is 12.3 Å². The smallest absolute Gasteiger partial charge is 0.361 e. The molecule has 1 atom stereocenters. The average Bonchev–Trinajstić information content (AvgIpc) is 3.40. The van der Waals surface area contributed by atoms with Crippen LogP contribution in [0.2, 0.25) is 25.7 Å². The Labute approximate surface area is 291 Å². The van der Waals surface area contributed by atoms with Gasteiger partial charge in [0.1, 0.15) is 18.4 Å². The minimum atomic E-state index is -4.61. The summed E-state index contributed by atoms with van der Waals surface area (Å²) in [4.78, 5) is 36.0. The van der Waals surface area contributed by atoms with Crippen LogP contribution in [0.4, 0.5) is 32.2 Å². The topological polar surface area (TPSA) is 91.0 Å². The Hall–Kier alpha value is -4.76. The molecule has 0 spiro atoms. The summed E-state index contributed by atoms with van der Waals surface area (Å²) in [5.74, 6) is -2.82. The third-order valence-corrected chi connectivity index (χ3v) is 9.97. The molecule has 5 aromatic rings. The number of aryl methyl sites for hydroxylation is 1. The summed E-state index contributed by atoms with van der Waals surface area (Å²) in [7, 11) is -0.187. The second-order valence-corrected chi connectivity index (χ2v) is 19.1. The van der Waals surface area contributed by atoms with Crippen LogP contribution < -0.4 is 10.9 Å². The van der Waals surface area contributed by atoms with Crippen molar-refractivity contribution in [2.24, 2.45) is 7.05 Å². The van der Waals surface area contributed by atoms with Crippen molar-refractivity contribution in [3.05, 3.63) is 100 Å². The van der Waals surface area contributed by atoms with E-state index >= 15 is 0 Å². The summed E-state index contributed by atoms with van der Waals surface area (Å²) in [5, 5.41) is 2.57. The Kier molecular flexibility index (Phi) is 11.2. The fourth-order valence-corrected chi connectivity index (χ4v) is 6.64. The van der Waals surface area contributed by atoms with Crippen LogP contribution in [-0.2, 0) is 29.7 Å². The van der Waals surface area contributed by atoms with E-state index in [9.17, 15) is 35.9 Å². The highest BCUT2D eigenvalue weighted by atomic mass is 28.3. The lowest BCUT2D eigenvalue weighted by atomic mass is 9.95. The second kappa shape index (κ2) is 15.2. The van der Waals surface area contributed by atoms with Gasteiger partial charge in [-0.2, -0.15) is 13.2 Å². The highest BCUT2D eigenvalue weighted by Gasteiger charge is 2.33. The summed E-state index contributed by atoms with van der Waals surface area (Å²) >= 11 is 0. The molecule has 15 heteroatoms. The lowest BCUT2D eigenvalue weighted by Gasteiger charge is -2.19. The third-order valence-electron chi connectivity index (χ3n) is 8.27. The zero-order chi connectivity index (χ0) is 37.1. The minimum absolute atomic E-state index is 0.00236. The summed E-state index contributed by atoms with van der Waals surface area (Å²) in [5.41, 5.74) is 0.636. The molecule has 1 unspecified atom stereocenters. The van der Waals surface area contributed by atoms with Crippen molar-refractivity contribution in [1.82, 2.24) is 19.1 Å². The SMILES string of the molecule is Cn1cc(CC(F)(F)F)c2c(c(-c3ccccn3)c(-c3ccnc(NC(=O)C(CC(F)F)c4ccc(F)cc4)c3)n2COCC[Si](C)(C)C)c1=O. The molecule has 8 nitrogen and oxygen atoms in total. The van der Waals surface area contributed by atoms with Crippen LogP contribution >= 0.6 is 0 Å². The molecule has 270 valence electrons. The second-order valence-electron chi connectivity index (χ2n) is 13.5. The number of aromatic nitrogens is 4. The first-order valence-corrected chi connectivity index (χ1v) is 19.8. The van der Waals surface area contributed by atoms with Gasteiger partial charge in [0.15, 0.2) is 0 Å². The van der Waals surface area contributed by atoms with Crippen molar-refractivity contribution in [2.45, 2.75) is 63.8 Å². The number of amides is 1. The molecule has 0 saturated heterocycles. The van der Waals surface area contributed by atoms with Crippen molar-refractivity contribution in [3.63, 3.8) is 0 Å². The van der Waals surface area contributed by atoms with Crippen molar-refractivity contribution in [2.75, 3.05) is 11.9 Å². The molecule has 0 fully saturated rings. The summed E-state index contributed by atoms with van der Waals surface area (Å²) in [6.07, 6.45) is -5.63. The Balaban J connectivity index is 1.71. The number of nitrogens with zero attached hydrogens (tertiary/aromatic N) is 4. The molecule has 0 saturated carbocycles. The monoisotopic (exact) mass is 729 g/mol. The zero-order valence-electron chi connectivity index (χ0n) is 28.4. The molecule has 4 aromatic heterocycles. The van der Waals surface area contributed by atoms with Crippen molar-refractivity contribution in [3.8, 4) is 22.5 Å². The number of benzene rings is 1. The first-order chi connectivity index (χ1) is 24.0. The fraction of sp³-hybridized carbons (Fsp3) is 0.333. The first-order valence-electron chi connectivity index (χ1n) is 16.1. The quantitative estimate of drug-likeness (QED) is 0.0747. The molecule has 0 radical (unpaired) electrons. The highest BCUT2D eigenvalue weighted by molar-refractivity contribution is 6.76. The largest absolute Gasteiger partial charge is 0.393 e. The summed E-state index contributed by atoms with van der Waals surface area (Å²) in [6, 6.07) is 13.4. The number of nitrogens with one attached hydrogen (secondary N) is 1. The molecular weight excluding hydrogens is 693 g/mol. The van der Waals surface area contributed by atoms with Crippen LogP contribution in [0.25, 0.3) is 33.4 Å². The van der Waals surface area contributed by atoms with E-state index < -0.39 is 56.7 Å². The molecule has 4 heterocycles. The Morgan fingerprint density at radius 2 is 1.75 bits per heavy atom. The van der Waals surface area contributed by atoms with Crippen LogP contribution in [0.3, 0.4) is 0 Å². The lowest BCUT2D eigenvalue weighted by Crippen LogP contribution is -2.23. The predicted molar refractivity (Wildman–Crippen MR) is 186 cm³/mol. The Bertz CT molecular complexity index is 2060. The normalized spacial score (nSPS) is 12.8. The van der Waals surface area contributed by atoms with Gasteiger partial charge in [-0.25, -0.2) is 18.2 Å². The van der Waals surface area contributed by atoms with E-state index in [1.54, 1.807) is 24.3 Å². The van der Waals surface area contributed by atoms with Gasteiger partial charge in [-0.15, -0.1) is 0 Å². The lowest BCUT2D eigenvalue weighted by molar-refractivity contribution is -0.127. The van der Waals surface area contributed by atoms with Gasteiger partial charge in [0.25, 0.3) is 5.56 Å². The molecule has 0 bridgehead atoms. The summed E-state index contributed by atoms with van der Waals surface area (Å²) in [6.45, 7) is 6.58. The number of carbonyl (C=O) groups is 1. The zero-order valence-corrected chi connectivity index (χ0v) is 29.4. The van der Waals surface area contributed by atoms with Crippen molar-refractivity contribution >= 4 is 30.7 Å². The first kappa shape index (κ1) is 37.5. The molecule has 0 aliphatic carbocycles. The number of alkyl halides is 5. The number of ether oxygens (including phenoxy) is 1. The van der Waals surface area contributed by atoms with Crippen LogP contribution in [0.15, 0.2) is 78.0 Å². The van der Waals surface area contributed by atoms with E-state index in [1.165, 1.54) is 48.4 Å².